The minimum atomic E-state index is -4.18. The smallest absolute Gasteiger partial charge is 0.379 e. The van der Waals surface area contributed by atoms with Crippen LogP contribution in [0, 0.1) is 5.92 Å². The Morgan fingerprint density at radius 2 is 1.61 bits per heavy atom. The van der Waals surface area contributed by atoms with E-state index in [0.717, 1.165) is 38.8 Å². The maximum Gasteiger partial charge on any atom is 0.403 e. The molecule has 0 aromatic carbocycles. The topological polar surface area (TPSA) is 43.3 Å². The highest BCUT2D eigenvalue weighted by atomic mass is 19.4. The Kier molecular flexibility index (Phi) is 8.82. The number of rotatable bonds is 6. The van der Waals surface area contributed by atoms with E-state index in [-0.39, 0.29) is 0 Å². The summed E-state index contributed by atoms with van der Waals surface area (Å²) >= 11 is 0. The quantitative estimate of drug-likeness (QED) is 0.538. The summed E-state index contributed by atoms with van der Waals surface area (Å²) in [5.74, 6) is 1.27. The van der Waals surface area contributed by atoms with Gasteiger partial charge in [-0.2, -0.15) is 13.2 Å². The molecular formula is C19H36F3N5O. The average Bonchev–Trinajstić information content (AvgIpc) is 2.67. The van der Waals surface area contributed by atoms with E-state index in [4.69, 9.17) is 9.73 Å². The second-order valence-electron chi connectivity index (χ2n) is 7.89. The lowest BCUT2D eigenvalue weighted by atomic mass is 10.0. The zero-order valence-electron chi connectivity index (χ0n) is 17.6. The molecule has 0 aromatic heterocycles. The van der Waals surface area contributed by atoms with Crippen LogP contribution < -0.4 is 5.32 Å². The van der Waals surface area contributed by atoms with Crippen LogP contribution in [0.15, 0.2) is 4.99 Å². The van der Waals surface area contributed by atoms with E-state index in [9.17, 15) is 13.2 Å². The summed E-state index contributed by atoms with van der Waals surface area (Å²) < 4.78 is 44.4. The van der Waals surface area contributed by atoms with Crippen molar-refractivity contribution in [2.24, 2.45) is 10.9 Å². The van der Waals surface area contributed by atoms with Gasteiger partial charge in [0.1, 0.15) is 6.04 Å². The second kappa shape index (κ2) is 10.6. The van der Waals surface area contributed by atoms with Crippen LogP contribution in [-0.2, 0) is 4.74 Å². The van der Waals surface area contributed by atoms with Crippen molar-refractivity contribution in [1.82, 2.24) is 20.0 Å². The average molecular weight is 408 g/mol. The van der Waals surface area contributed by atoms with Crippen LogP contribution in [0.1, 0.15) is 27.7 Å². The number of halogens is 3. The zero-order chi connectivity index (χ0) is 20.7. The third-order valence-corrected chi connectivity index (χ3v) is 5.68. The number of nitrogens with zero attached hydrogens (tertiary/aromatic N) is 4. The molecule has 6 nitrogen and oxygen atoms in total. The fraction of sp³-hybridized carbons (Fsp3) is 0.947. The highest BCUT2D eigenvalue weighted by Crippen LogP contribution is 2.25. The Labute approximate surface area is 167 Å². The first-order chi connectivity index (χ1) is 13.2. The molecule has 2 saturated heterocycles. The van der Waals surface area contributed by atoms with Gasteiger partial charge in [0.05, 0.1) is 19.8 Å². The van der Waals surface area contributed by atoms with E-state index in [0.29, 0.717) is 44.7 Å². The van der Waals surface area contributed by atoms with Gasteiger partial charge in [-0.3, -0.25) is 14.8 Å². The molecular weight excluding hydrogens is 371 g/mol. The Bertz CT molecular complexity index is 486. The van der Waals surface area contributed by atoms with Gasteiger partial charge in [0.15, 0.2) is 5.96 Å². The molecule has 2 heterocycles. The normalized spacial score (nSPS) is 23.1. The minimum absolute atomic E-state index is 0.337. The lowest BCUT2D eigenvalue weighted by molar-refractivity contribution is -0.181. The Morgan fingerprint density at radius 3 is 2.11 bits per heavy atom. The van der Waals surface area contributed by atoms with Crippen molar-refractivity contribution in [2.75, 3.05) is 65.6 Å². The monoisotopic (exact) mass is 407 g/mol. The van der Waals surface area contributed by atoms with Crippen molar-refractivity contribution in [3.63, 3.8) is 0 Å². The van der Waals surface area contributed by atoms with Crippen LogP contribution in [0.3, 0.4) is 0 Å². The molecule has 2 unspecified atom stereocenters. The molecule has 2 aliphatic heterocycles. The van der Waals surface area contributed by atoms with Crippen molar-refractivity contribution >= 4 is 5.96 Å². The van der Waals surface area contributed by atoms with Crippen molar-refractivity contribution < 1.29 is 17.9 Å². The molecule has 28 heavy (non-hydrogen) atoms. The Hall–Kier alpha value is -1.06. The minimum Gasteiger partial charge on any atom is -0.379 e. The molecule has 0 spiro atoms. The lowest BCUT2D eigenvalue weighted by Gasteiger charge is -2.40. The zero-order valence-corrected chi connectivity index (χ0v) is 17.6. The molecule has 164 valence electrons. The van der Waals surface area contributed by atoms with Gasteiger partial charge in [0, 0.05) is 51.9 Å². The van der Waals surface area contributed by atoms with Crippen molar-refractivity contribution in [3.05, 3.63) is 0 Å². The molecule has 0 aromatic rings. The fourth-order valence-corrected chi connectivity index (χ4v) is 3.79. The van der Waals surface area contributed by atoms with Gasteiger partial charge in [-0.25, -0.2) is 0 Å². The first kappa shape index (κ1) is 23.2. The molecule has 0 radical (unpaired) electrons. The number of piperazine rings is 1. The van der Waals surface area contributed by atoms with E-state index in [1.165, 1.54) is 11.8 Å². The van der Waals surface area contributed by atoms with Crippen molar-refractivity contribution in [2.45, 2.75) is 46.0 Å². The SMILES string of the molecule is CCNC(=NCC(C(C)C)N1CCOCC1)N1CCN(C(C)C(F)(F)F)CC1. The van der Waals surface area contributed by atoms with Crippen LogP contribution in [-0.4, -0.2) is 104 Å². The third kappa shape index (κ3) is 6.49. The molecule has 0 saturated carbocycles. The number of hydrogen-bond donors (Lipinski definition) is 1. The van der Waals surface area contributed by atoms with Crippen molar-refractivity contribution in [1.29, 1.82) is 0 Å². The summed E-state index contributed by atoms with van der Waals surface area (Å²) in [5, 5.41) is 3.32. The highest BCUT2D eigenvalue weighted by molar-refractivity contribution is 5.80. The van der Waals surface area contributed by atoms with E-state index in [2.05, 4.69) is 29.0 Å². The van der Waals surface area contributed by atoms with E-state index < -0.39 is 12.2 Å². The molecule has 2 fully saturated rings. The molecule has 0 amide bonds. The summed E-state index contributed by atoms with van der Waals surface area (Å²) in [6.45, 7) is 14.3. The summed E-state index contributed by atoms with van der Waals surface area (Å²) in [4.78, 5) is 10.9. The van der Waals surface area contributed by atoms with Crippen LogP contribution in [0.25, 0.3) is 0 Å². The standard InChI is InChI=1S/C19H36F3N5O/c1-5-23-18(24-14-17(15(2)3)26-10-12-28-13-11-26)27-8-6-25(7-9-27)16(4)19(20,21)22/h15-17H,5-14H2,1-4H3,(H,23,24). The van der Waals surface area contributed by atoms with Gasteiger partial charge in [0.2, 0.25) is 0 Å². The second-order valence-corrected chi connectivity index (χ2v) is 7.89. The summed E-state index contributed by atoms with van der Waals surface area (Å²) in [5.41, 5.74) is 0. The summed E-state index contributed by atoms with van der Waals surface area (Å²) in [6, 6.07) is -1.06. The van der Waals surface area contributed by atoms with Crippen LogP contribution in [0.2, 0.25) is 0 Å². The lowest BCUT2D eigenvalue weighted by Crippen LogP contribution is -2.57. The van der Waals surface area contributed by atoms with Crippen LogP contribution >= 0.6 is 0 Å². The molecule has 2 atom stereocenters. The van der Waals surface area contributed by atoms with Gasteiger partial charge in [-0.05, 0) is 19.8 Å². The van der Waals surface area contributed by atoms with Crippen molar-refractivity contribution in [3.8, 4) is 0 Å². The Balaban J connectivity index is 1.98. The molecule has 1 N–H and O–H groups in total. The fourth-order valence-electron chi connectivity index (χ4n) is 3.79. The maximum absolute atomic E-state index is 13.0. The number of ether oxygens (including phenoxy) is 1. The largest absolute Gasteiger partial charge is 0.403 e. The van der Waals surface area contributed by atoms with Gasteiger partial charge in [-0.15, -0.1) is 0 Å². The molecule has 9 heteroatoms. The molecule has 2 rings (SSSR count). The number of hydrogen-bond acceptors (Lipinski definition) is 4. The first-order valence-corrected chi connectivity index (χ1v) is 10.4. The van der Waals surface area contributed by atoms with Gasteiger partial charge < -0.3 is 15.0 Å². The van der Waals surface area contributed by atoms with Crippen LogP contribution in [0.5, 0.6) is 0 Å². The number of guanidine groups is 1. The van der Waals surface area contributed by atoms with Gasteiger partial charge in [-0.1, -0.05) is 13.8 Å². The van der Waals surface area contributed by atoms with E-state index in [1.807, 2.05) is 6.92 Å². The predicted molar refractivity (Wildman–Crippen MR) is 106 cm³/mol. The van der Waals surface area contributed by atoms with E-state index >= 15 is 0 Å². The molecule has 0 bridgehead atoms. The summed E-state index contributed by atoms with van der Waals surface area (Å²) in [6.07, 6.45) is -4.18. The number of alkyl halides is 3. The van der Waals surface area contributed by atoms with Gasteiger partial charge in [0.25, 0.3) is 0 Å². The number of aliphatic imine (C=N–C) groups is 1. The molecule has 2 aliphatic rings. The predicted octanol–water partition coefficient (Wildman–Crippen LogP) is 1.88. The first-order valence-electron chi connectivity index (χ1n) is 10.4. The maximum atomic E-state index is 13.0. The number of nitrogens with one attached hydrogen (secondary N) is 1. The van der Waals surface area contributed by atoms with Crippen LogP contribution in [0.4, 0.5) is 13.2 Å². The third-order valence-electron chi connectivity index (χ3n) is 5.68. The van der Waals surface area contributed by atoms with E-state index in [1.54, 1.807) is 0 Å². The number of morpholine rings is 1. The highest BCUT2D eigenvalue weighted by Gasteiger charge is 2.41. The Morgan fingerprint density at radius 1 is 1.00 bits per heavy atom. The van der Waals surface area contributed by atoms with Gasteiger partial charge >= 0.3 is 6.18 Å². The molecule has 0 aliphatic carbocycles. The summed E-state index contributed by atoms with van der Waals surface area (Å²) in [7, 11) is 0.